The van der Waals surface area contributed by atoms with E-state index in [1.807, 2.05) is 35.9 Å². The van der Waals surface area contributed by atoms with Crippen molar-refractivity contribution in [3.8, 4) is 0 Å². The normalized spacial score (nSPS) is 10.6. The SMILES string of the molecule is Cn1cnc(Cc2ccccc2Cl)c1Br. The summed E-state index contributed by atoms with van der Waals surface area (Å²) >= 11 is 9.57. The van der Waals surface area contributed by atoms with Gasteiger partial charge in [0.05, 0.1) is 12.0 Å². The highest BCUT2D eigenvalue weighted by atomic mass is 79.9. The van der Waals surface area contributed by atoms with Crippen molar-refractivity contribution in [2.45, 2.75) is 6.42 Å². The number of aromatic nitrogens is 2. The Kier molecular flexibility index (Phi) is 3.12. The molecule has 2 aromatic rings. The van der Waals surface area contributed by atoms with Crippen LogP contribution in [0.3, 0.4) is 0 Å². The van der Waals surface area contributed by atoms with Crippen LogP contribution in [-0.2, 0) is 13.5 Å². The van der Waals surface area contributed by atoms with Crippen molar-refractivity contribution in [3.63, 3.8) is 0 Å². The van der Waals surface area contributed by atoms with E-state index >= 15 is 0 Å². The lowest BCUT2D eigenvalue weighted by Gasteiger charge is -2.02. The molecule has 0 bridgehead atoms. The molecule has 1 aromatic carbocycles. The van der Waals surface area contributed by atoms with Gasteiger partial charge in [0, 0.05) is 18.5 Å². The number of imidazole rings is 1. The molecule has 0 aliphatic heterocycles. The van der Waals surface area contributed by atoms with E-state index in [4.69, 9.17) is 11.6 Å². The van der Waals surface area contributed by atoms with Gasteiger partial charge >= 0.3 is 0 Å². The number of hydrogen-bond acceptors (Lipinski definition) is 1. The first-order valence-electron chi connectivity index (χ1n) is 4.57. The van der Waals surface area contributed by atoms with Gasteiger partial charge in [0.25, 0.3) is 0 Å². The molecule has 0 unspecified atom stereocenters. The van der Waals surface area contributed by atoms with Crippen molar-refractivity contribution in [2.75, 3.05) is 0 Å². The Morgan fingerprint density at radius 1 is 1.40 bits per heavy atom. The fourth-order valence-corrected chi connectivity index (χ4v) is 1.94. The van der Waals surface area contributed by atoms with E-state index in [-0.39, 0.29) is 0 Å². The van der Waals surface area contributed by atoms with E-state index < -0.39 is 0 Å². The average molecular weight is 286 g/mol. The molecular weight excluding hydrogens is 275 g/mol. The van der Waals surface area contributed by atoms with Crippen molar-refractivity contribution in [1.82, 2.24) is 9.55 Å². The third kappa shape index (κ3) is 2.24. The lowest BCUT2D eigenvalue weighted by Crippen LogP contribution is -1.91. The van der Waals surface area contributed by atoms with Gasteiger partial charge in [-0.25, -0.2) is 4.98 Å². The molecule has 0 atom stereocenters. The molecule has 1 aromatic heterocycles. The first-order chi connectivity index (χ1) is 7.18. The second-order valence-corrected chi connectivity index (χ2v) is 4.52. The Labute approximate surface area is 102 Å². The van der Waals surface area contributed by atoms with Crippen molar-refractivity contribution in [1.29, 1.82) is 0 Å². The van der Waals surface area contributed by atoms with Gasteiger partial charge in [0.1, 0.15) is 4.60 Å². The average Bonchev–Trinajstić information content (AvgIpc) is 2.53. The lowest BCUT2D eigenvalue weighted by atomic mass is 10.1. The van der Waals surface area contributed by atoms with Crippen LogP contribution in [0.25, 0.3) is 0 Å². The minimum absolute atomic E-state index is 0.751. The Morgan fingerprint density at radius 2 is 2.13 bits per heavy atom. The zero-order chi connectivity index (χ0) is 10.8. The molecule has 0 aliphatic rings. The topological polar surface area (TPSA) is 17.8 Å². The molecule has 2 nitrogen and oxygen atoms in total. The minimum atomic E-state index is 0.751. The summed E-state index contributed by atoms with van der Waals surface area (Å²) in [6.07, 6.45) is 2.54. The summed E-state index contributed by atoms with van der Waals surface area (Å²) in [5.41, 5.74) is 2.10. The van der Waals surface area contributed by atoms with Gasteiger partial charge < -0.3 is 4.57 Å². The van der Waals surface area contributed by atoms with Crippen LogP contribution in [0, 0.1) is 0 Å². The van der Waals surface area contributed by atoms with E-state index in [1.165, 1.54) is 0 Å². The minimum Gasteiger partial charge on any atom is -0.328 e. The molecule has 0 aliphatic carbocycles. The van der Waals surface area contributed by atoms with Crippen LogP contribution in [0.1, 0.15) is 11.3 Å². The monoisotopic (exact) mass is 284 g/mol. The Hall–Kier alpha value is -0.800. The van der Waals surface area contributed by atoms with Crippen LogP contribution >= 0.6 is 27.5 Å². The summed E-state index contributed by atoms with van der Waals surface area (Å²) in [6.45, 7) is 0. The van der Waals surface area contributed by atoms with Crippen molar-refractivity contribution >= 4 is 27.5 Å². The van der Waals surface area contributed by atoms with Gasteiger partial charge in [-0.2, -0.15) is 0 Å². The quantitative estimate of drug-likeness (QED) is 0.826. The molecule has 0 saturated carbocycles. The van der Waals surface area contributed by atoms with Gasteiger partial charge in [0.15, 0.2) is 0 Å². The number of aryl methyl sites for hydroxylation is 1. The highest BCUT2D eigenvalue weighted by Crippen LogP contribution is 2.22. The Balaban J connectivity index is 2.30. The second-order valence-electron chi connectivity index (χ2n) is 3.36. The molecule has 2 rings (SSSR count). The predicted molar refractivity (Wildman–Crippen MR) is 65.2 cm³/mol. The lowest BCUT2D eigenvalue weighted by molar-refractivity contribution is 0.887. The highest BCUT2D eigenvalue weighted by molar-refractivity contribution is 9.10. The number of rotatable bonds is 2. The summed E-state index contributed by atoms with van der Waals surface area (Å²) in [5.74, 6) is 0. The van der Waals surface area contributed by atoms with Crippen LogP contribution in [0.5, 0.6) is 0 Å². The summed E-state index contributed by atoms with van der Waals surface area (Å²) < 4.78 is 2.94. The second kappa shape index (κ2) is 4.37. The Morgan fingerprint density at radius 3 is 2.73 bits per heavy atom. The van der Waals surface area contributed by atoms with Gasteiger partial charge in [-0.1, -0.05) is 29.8 Å². The number of nitrogens with zero attached hydrogens (tertiary/aromatic N) is 2. The molecule has 0 spiro atoms. The molecule has 15 heavy (non-hydrogen) atoms. The molecule has 0 saturated heterocycles. The molecule has 0 amide bonds. The van der Waals surface area contributed by atoms with Gasteiger partial charge in [-0.3, -0.25) is 0 Å². The van der Waals surface area contributed by atoms with Gasteiger partial charge in [-0.05, 0) is 27.6 Å². The molecule has 0 N–H and O–H groups in total. The predicted octanol–water partition coefficient (Wildman–Crippen LogP) is 3.43. The zero-order valence-electron chi connectivity index (χ0n) is 8.24. The van der Waals surface area contributed by atoms with Crippen LogP contribution in [0.15, 0.2) is 35.2 Å². The van der Waals surface area contributed by atoms with E-state index in [2.05, 4.69) is 20.9 Å². The smallest absolute Gasteiger partial charge is 0.108 e. The van der Waals surface area contributed by atoms with Crippen LogP contribution in [0.4, 0.5) is 0 Å². The van der Waals surface area contributed by atoms with E-state index in [0.717, 1.165) is 27.3 Å². The van der Waals surface area contributed by atoms with Crippen LogP contribution in [-0.4, -0.2) is 9.55 Å². The molecule has 0 fully saturated rings. The van der Waals surface area contributed by atoms with E-state index in [1.54, 1.807) is 6.33 Å². The number of hydrogen-bond donors (Lipinski definition) is 0. The molecule has 1 heterocycles. The highest BCUT2D eigenvalue weighted by Gasteiger charge is 2.08. The Bertz CT molecular complexity index is 479. The van der Waals surface area contributed by atoms with Crippen molar-refractivity contribution < 1.29 is 0 Å². The van der Waals surface area contributed by atoms with Crippen molar-refractivity contribution in [2.24, 2.45) is 7.05 Å². The number of halogens is 2. The van der Waals surface area contributed by atoms with E-state index in [0.29, 0.717) is 0 Å². The summed E-state index contributed by atoms with van der Waals surface area (Å²) in [4.78, 5) is 4.31. The van der Waals surface area contributed by atoms with Gasteiger partial charge in [-0.15, -0.1) is 0 Å². The van der Waals surface area contributed by atoms with Gasteiger partial charge in [0.2, 0.25) is 0 Å². The largest absolute Gasteiger partial charge is 0.328 e. The standard InChI is InChI=1S/C11H10BrClN2/c1-15-7-14-10(11(15)12)6-8-4-2-3-5-9(8)13/h2-5,7H,6H2,1H3. The number of benzene rings is 1. The molecule has 4 heteroatoms. The molecule has 0 radical (unpaired) electrons. The fraction of sp³-hybridized carbons (Fsp3) is 0.182. The summed E-state index contributed by atoms with van der Waals surface area (Å²) in [7, 11) is 1.95. The maximum absolute atomic E-state index is 6.08. The third-order valence-electron chi connectivity index (χ3n) is 2.25. The van der Waals surface area contributed by atoms with Crippen molar-refractivity contribution in [3.05, 3.63) is 51.5 Å². The zero-order valence-corrected chi connectivity index (χ0v) is 10.6. The molecular formula is C11H10BrClN2. The van der Waals surface area contributed by atoms with Crippen LogP contribution < -0.4 is 0 Å². The first-order valence-corrected chi connectivity index (χ1v) is 5.74. The third-order valence-corrected chi connectivity index (χ3v) is 3.64. The maximum atomic E-state index is 6.08. The summed E-state index contributed by atoms with van der Waals surface area (Å²) in [5, 5.41) is 0.787. The van der Waals surface area contributed by atoms with Crippen LogP contribution in [0.2, 0.25) is 5.02 Å². The summed E-state index contributed by atoms with van der Waals surface area (Å²) in [6, 6.07) is 7.83. The molecule has 78 valence electrons. The fourth-order valence-electron chi connectivity index (χ4n) is 1.40. The first kappa shape index (κ1) is 10.7. The van der Waals surface area contributed by atoms with E-state index in [9.17, 15) is 0 Å². The maximum Gasteiger partial charge on any atom is 0.108 e.